The zero-order valence-corrected chi connectivity index (χ0v) is 9.98. The summed E-state index contributed by atoms with van der Waals surface area (Å²) >= 11 is 0. The van der Waals surface area contributed by atoms with Gasteiger partial charge in [-0.25, -0.2) is 0 Å². The molecule has 0 N–H and O–H groups in total. The summed E-state index contributed by atoms with van der Waals surface area (Å²) in [5, 5.41) is 1.72. The summed E-state index contributed by atoms with van der Waals surface area (Å²) in [5.74, 6) is 0.154. The predicted molar refractivity (Wildman–Crippen MR) is 75.7 cm³/mol. The summed E-state index contributed by atoms with van der Waals surface area (Å²) in [4.78, 5) is 0. The maximum atomic E-state index is 11.6. The van der Waals surface area contributed by atoms with Gasteiger partial charge in [-0.05, 0) is 11.5 Å². The second kappa shape index (κ2) is 6.38. The van der Waals surface area contributed by atoms with Crippen molar-refractivity contribution in [3.8, 4) is 5.75 Å². The van der Waals surface area contributed by atoms with Crippen LogP contribution in [0.1, 0.15) is 0 Å². The van der Waals surface area contributed by atoms with Crippen molar-refractivity contribution in [3.63, 3.8) is 0 Å². The summed E-state index contributed by atoms with van der Waals surface area (Å²) in [6.07, 6.45) is 1.31. The molecule has 0 fully saturated rings. The van der Waals surface area contributed by atoms with Gasteiger partial charge in [0.2, 0.25) is 0 Å². The van der Waals surface area contributed by atoms with E-state index in [1.54, 1.807) is 12.1 Å². The van der Waals surface area contributed by atoms with Crippen LogP contribution < -0.4 is 4.18 Å². The summed E-state index contributed by atoms with van der Waals surface area (Å²) in [5.41, 5.74) is 0. The summed E-state index contributed by atoms with van der Waals surface area (Å²) < 4.78 is 28.2. The average Bonchev–Trinajstić information content (AvgIpc) is 2.29. The third-order valence-electron chi connectivity index (χ3n) is 2.29. The molecular weight excluding hydrogens is 259 g/mol. The molecule has 0 unspecified atom stereocenters. The summed E-state index contributed by atoms with van der Waals surface area (Å²) in [6, 6.07) is 12.8. The van der Waals surface area contributed by atoms with Crippen molar-refractivity contribution < 1.29 is 12.6 Å². The molecule has 0 saturated carbocycles. The molecule has 2 rings (SSSR count). The molecule has 18 heavy (non-hydrogen) atoms. The fourth-order valence-electron chi connectivity index (χ4n) is 1.58. The Hall–Kier alpha value is -0.810. The minimum absolute atomic E-state index is 0. The van der Waals surface area contributed by atoms with E-state index < -0.39 is 10.1 Å². The van der Waals surface area contributed by atoms with E-state index in [0.717, 1.165) is 10.8 Å². The molecule has 0 aliphatic heterocycles. The van der Waals surface area contributed by atoms with Gasteiger partial charge in [0, 0.05) is 5.39 Å². The van der Waals surface area contributed by atoms with Crippen molar-refractivity contribution in [2.45, 2.75) is 0 Å². The van der Waals surface area contributed by atoms with Gasteiger partial charge in [-0.2, -0.15) is 8.42 Å². The van der Waals surface area contributed by atoms with E-state index in [4.69, 9.17) is 4.18 Å². The molecule has 0 saturated heterocycles. The predicted octanol–water partition coefficient (Wildman–Crippen LogP) is 2.09. The van der Waals surface area contributed by atoms with Crippen molar-refractivity contribution in [2.75, 3.05) is 5.75 Å². The maximum absolute atomic E-state index is 11.6. The van der Waals surface area contributed by atoms with E-state index in [0.29, 0.717) is 5.75 Å². The Morgan fingerprint density at radius 2 is 1.78 bits per heavy atom. The molecular formula is C13H13NaO3S. The van der Waals surface area contributed by atoms with Gasteiger partial charge in [0.15, 0.2) is 0 Å². The quantitative estimate of drug-likeness (QED) is 0.486. The number of rotatable bonds is 4. The first kappa shape index (κ1) is 15.2. The zero-order chi connectivity index (χ0) is 12.3. The van der Waals surface area contributed by atoms with Crippen molar-refractivity contribution in [1.82, 2.24) is 0 Å². The van der Waals surface area contributed by atoms with Crippen molar-refractivity contribution in [3.05, 3.63) is 55.1 Å². The van der Waals surface area contributed by atoms with E-state index in [9.17, 15) is 8.42 Å². The van der Waals surface area contributed by atoms with Crippen LogP contribution in [0, 0.1) is 0 Å². The minimum atomic E-state index is -3.59. The van der Waals surface area contributed by atoms with Crippen molar-refractivity contribution >= 4 is 50.4 Å². The normalized spacial score (nSPS) is 10.7. The Kier molecular flexibility index (Phi) is 5.41. The second-order valence-corrected chi connectivity index (χ2v) is 5.19. The van der Waals surface area contributed by atoms with E-state index in [2.05, 4.69) is 6.58 Å². The molecule has 90 valence electrons. The molecule has 0 amide bonds. The molecule has 0 heterocycles. The van der Waals surface area contributed by atoms with Crippen LogP contribution in [0.4, 0.5) is 0 Å². The fourth-order valence-corrected chi connectivity index (χ4v) is 2.36. The van der Waals surface area contributed by atoms with Crippen LogP contribution >= 0.6 is 0 Å². The van der Waals surface area contributed by atoms with Crippen LogP contribution in [0.15, 0.2) is 55.1 Å². The zero-order valence-electron chi connectivity index (χ0n) is 9.17. The van der Waals surface area contributed by atoms with Gasteiger partial charge in [-0.15, -0.1) is 6.58 Å². The Morgan fingerprint density at radius 1 is 1.11 bits per heavy atom. The molecule has 0 aliphatic carbocycles. The van der Waals surface area contributed by atoms with Crippen LogP contribution in [0.2, 0.25) is 0 Å². The monoisotopic (exact) mass is 272 g/mol. The molecule has 3 nitrogen and oxygen atoms in total. The van der Waals surface area contributed by atoms with Gasteiger partial charge >= 0.3 is 39.7 Å². The molecule has 0 atom stereocenters. The topological polar surface area (TPSA) is 43.4 Å². The van der Waals surface area contributed by atoms with E-state index in [1.807, 2.05) is 30.3 Å². The number of hydrogen-bond acceptors (Lipinski definition) is 3. The van der Waals surface area contributed by atoms with Gasteiger partial charge in [0.1, 0.15) is 11.5 Å². The molecule has 2 aromatic carbocycles. The third-order valence-corrected chi connectivity index (χ3v) is 3.37. The average molecular weight is 272 g/mol. The van der Waals surface area contributed by atoms with Gasteiger partial charge in [0.05, 0.1) is 0 Å². The number of benzene rings is 2. The van der Waals surface area contributed by atoms with E-state index in [1.165, 1.54) is 6.08 Å². The van der Waals surface area contributed by atoms with Crippen LogP contribution in [0.3, 0.4) is 0 Å². The van der Waals surface area contributed by atoms with Crippen LogP contribution in [0.5, 0.6) is 5.75 Å². The standard InChI is InChI=1S/C13H12O3S.Na.H/c1-2-10-17(14,15)16-13-9-5-7-11-6-3-4-8-12(11)13;;/h2-9H,1,10H2;;. The first-order chi connectivity index (χ1) is 8.12. The first-order valence-corrected chi connectivity index (χ1v) is 6.71. The molecule has 0 spiro atoms. The number of hydrogen-bond donors (Lipinski definition) is 0. The fraction of sp³-hybridized carbons (Fsp3) is 0.0769. The molecule has 0 aromatic heterocycles. The SMILES string of the molecule is C=CCS(=O)(=O)Oc1cccc2ccccc12.[NaH]. The van der Waals surface area contributed by atoms with Gasteiger partial charge < -0.3 is 4.18 Å². The summed E-state index contributed by atoms with van der Waals surface area (Å²) in [6.45, 7) is 3.39. The molecule has 0 bridgehead atoms. The first-order valence-electron chi connectivity index (χ1n) is 5.13. The Morgan fingerprint density at radius 3 is 2.50 bits per heavy atom. The van der Waals surface area contributed by atoms with E-state index in [-0.39, 0.29) is 35.3 Å². The summed E-state index contributed by atoms with van der Waals surface area (Å²) in [7, 11) is -3.59. The molecule has 5 heteroatoms. The Balaban J connectivity index is 0.00000162. The van der Waals surface area contributed by atoms with Crippen molar-refractivity contribution in [1.29, 1.82) is 0 Å². The Bertz CT molecular complexity index is 645. The van der Waals surface area contributed by atoms with Gasteiger partial charge in [-0.1, -0.05) is 42.5 Å². The molecule has 0 aliphatic rings. The Labute approximate surface area is 129 Å². The number of fused-ring (bicyclic) bond motifs is 1. The van der Waals surface area contributed by atoms with Crippen LogP contribution in [-0.2, 0) is 10.1 Å². The van der Waals surface area contributed by atoms with Crippen LogP contribution in [-0.4, -0.2) is 43.7 Å². The van der Waals surface area contributed by atoms with E-state index >= 15 is 0 Å². The molecule has 2 aromatic rings. The van der Waals surface area contributed by atoms with Crippen molar-refractivity contribution in [2.24, 2.45) is 0 Å². The van der Waals surface area contributed by atoms with Gasteiger partial charge in [0.25, 0.3) is 0 Å². The van der Waals surface area contributed by atoms with Gasteiger partial charge in [-0.3, -0.25) is 0 Å². The molecule has 0 radical (unpaired) electrons. The third kappa shape index (κ3) is 3.59. The second-order valence-electron chi connectivity index (χ2n) is 3.57. The van der Waals surface area contributed by atoms with Crippen LogP contribution in [0.25, 0.3) is 10.8 Å².